The summed E-state index contributed by atoms with van der Waals surface area (Å²) in [6, 6.07) is 4.85. The van der Waals surface area contributed by atoms with Gasteiger partial charge >= 0.3 is 5.97 Å². The number of alkyl halides is 1. The van der Waals surface area contributed by atoms with E-state index in [1.807, 2.05) is 0 Å². The molecule has 0 aliphatic heterocycles. The highest BCUT2D eigenvalue weighted by molar-refractivity contribution is 9.08. The molecule has 0 amide bonds. The van der Waals surface area contributed by atoms with E-state index in [4.69, 9.17) is 10.9 Å². The largest absolute Gasteiger partial charge is 0.478 e. The summed E-state index contributed by atoms with van der Waals surface area (Å²) in [5.74, 6) is 4.23. The quantitative estimate of drug-likeness (QED) is 0.429. The van der Waals surface area contributed by atoms with Gasteiger partial charge in [-0.25, -0.2) is 4.79 Å². The van der Waals surface area contributed by atoms with Gasteiger partial charge in [0.05, 0.1) is 5.56 Å². The molecule has 0 saturated heterocycles. The fourth-order valence-electron chi connectivity index (χ4n) is 0.976. The second-order valence-corrected chi connectivity index (χ2v) is 3.06. The molecule has 0 aliphatic carbocycles. The first kappa shape index (κ1) is 10.0. The van der Waals surface area contributed by atoms with Gasteiger partial charge in [-0.05, 0) is 23.8 Å². The lowest BCUT2D eigenvalue weighted by molar-refractivity contribution is 0.0697. The number of carboxylic acids is 1. The Morgan fingerprint density at radius 1 is 1.54 bits per heavy atom. The summed E-state index contributed by atoms with van der Waals surface area (Å²) < 4.78 is 0. The van der Waals surface area contributed by atoms with Crippen LogP contribution in [-0.4, -0.2) is 11.1 Å². The van der Waals surface area contributed by atoms with Crippen LogP contribution in [0.4, 0.5) is 5.69 Å². The molecule has 0 aromatic heterocycles. The lowest BCUT2D eigenvalue weighted by Gasteiger charge is -2.04. The van der Waals surface area contributed by atoms with Gasteiger partial charge in [-0.15, -0.1) is 0 Å². The number of nitrogen functional groups attached to an aromatic ring is 1. The highest BCUT2D eigenvalue weighted by Crippen LogP contribution is 2.16. The van der Waals surface area contributed by atoms with Crippen molar-refractivity contribution in [1.29, 1.82) is 0 Å². The standard InChI is InChI=1S/C8H9BrN2O2/c9-4-5-1-6(8(12)13)3-7(2-5)11-10/h1-3,11H,4,10H2,(H,12,13). The van der Waals surface area contributed by atoms with Crippen LogP contribution in [0.15, 0.2) is 18.2 Å². The fraction of sp³-hybridized carbons (Fsp3) is 0.125. The Morgan fingerprint density at radius 3 is 2.69 bits per heavy atom. The third-order valence-corrected chi connectivity index (χ3v) is 2.21. The lowest BCUT2D eigenvalue weighted by Crippen LogP contribution is -2.08. The number of hydrazine groups is 1. The number of rotatable bonds is 3. The van der Waals surface area contributed by atoms with Crippen molar-refractivity contribution in [3.05, 3.63) is 29.3 Å². The predicted octanol–water partition coefficient (Wildman–Crippen LogP) is 1.57. The number of nitrogens with two attached hydrogens (primary N) is 1. The molecule has 0 saturated carbocycles. The van der Waals surface area contributed by atoms with Crippen LogP contribution < -0.4 is 11.3 Å². The predicted molar refractivity (Wildman–Crippen MR) is 53.8 cm³/mol. The van der Waals surface area contributed by atoms with Crippen molar-refractivity contribution in [2.75, 3.05) is 5.43 Å². The van der Waals surface area contributed by atoms with Gasteiger partial charge in [0.2, 0.25) is 0 Å². The minimum atomic E-state index is -0.959. The van der Waals surface area contributed by atoms with Crippen LogP contribution in [0.2, 0.25) is 0 Å². The fourth-order valence-corrected chi connectivity index (χ4v) is 1.30. The highest BCUT2D eigenvalue weighted by atomic mass is 79.9. The molecular formula is C8H9BrN2O2. The average molecular weight is 245 g/mol. The zero-order valence-electron chi connectivity index (χ0n) is 6.75. The van der Waals surface area contributed by atoms with Crippen molar-refractivity contribution < 1.29 is 9.90 Å². The van der Waals surface area contributed by atoms with Gasteiger partial charge in [0.1, 0.15) is 0 Å². The van der Waals surface area contributed by atoms with E-state index in [1.165, 1.54) is 6.07 Å². The molecule has 1 aromatic rings. The molecule has 13 heavy (non-hydrogen) atoms. The Bertz CT molecular complexity index is 306. The maximum Gasteiger partial charge on any atom is 0.335 e. The van der Waals surface area contributed by atoms with Gasteiger partial charge in [0, 0.05) is 11.0 Å². The zero-order chi connectivity index (χ0) is 9.84. The Labute approximate surface area is 83.8 Å². The molecule has 70 valence electrons. The monoisotopic (exact) mass is 244 g/mol. The van der Waals surface area contributed by atoms with Crippen LogP contribution in [0.1, 0.15) is 15.9 Å². The summed E-state index contributed by atoms with van der Waals surface area (Å²) in [5.41, 5.74) is 4.10. The molecule has 4 N–H and O–H groups in total. The minimum Gasteiger partial charge on any atom is -0.478 e. The maximum absolute atomic E-state index is 10.7. The number of hydrogen-bond donors (Lipinski definition) is 3. The minimum absolute atomic E-state index is 0.227. The molecule has 0 unspecified atom stereocenters. The number of benzene rings is 1. The average Bonchev–Trinajstić information content (AvgIpc) is 2.16. The van der Waals surface area contributed by atoms with Gasteiger partial charge in [-0.1, -0.05) is 15.9 Å². The van der Waals surface area contributed by atoms with E-state index in [9.17, 15) is 4.79 Å². The number of carboxylic acid groups (broad SMARTS) is 1. The van der Waals surface area contributed by atoms with E-state index < -0.39 is 5.97 Å². The summed E-state index contributed by atoms with van der Waals surface area (Å²) in [5, 5.41) is 9.34. The summed E-state index contributed by atoms with van der Waals surface area (Å²) in [7, 11) is 0. The molecule has 4 nitrogen and oxygen atoms in total. The van der Waals surface area contributed by atoms with Gasteiger partial charge in [-0.2, -0.15) is 0 Å². The van der Waals surface area contributed by atoms with E-state index in [0.29, 0.717) is 11.0 Å². The van der Waals surface area contributed by atoms with Crippen molar-refractivity contribution in [2.24, 2.45) is 5.84 Å². The van der Waals surface area contributed by atoms with E-state index in [1.54, 1.807) is 12.1 Å². The van der Waals surface area contributed by atoms with Crippen LogP contribution in [0.25, 0.3) is 0 Å². The van der Waals surface area contributed by atoms with Gasteiger partial charge in [-0.3, -0.25) is 5.84 Å². The Balaban J connectivity index is 3.14. The van der Waals surface area contributed by atoms with Gasteiger partial charge in [0.25, 0.3) is 0 Å². The van der Waals surface area contributed by atoms with E-state index in [2.05, 4.69) is 21.4 Å². The first-order chi connectivity index (χ1) is 6.17. The van der Waals surface area contributed by atoms with E-state index in [0.717, 1.165) is 5.56 Å². The summed E-state index contributed by atoms with van der Waals surface area (Å²) in [6.45, 7) is 0. The first-order valence-electron chi connectivity index (χ1n) is 3.57. The molecule has 1 aromatic carbocycles. The van der Waals surface area contributed by atoms with Crippen LogP contribution >= 0.6 is 15.9 Å². The third-order valence-electron chi connectivity index (χ3n) is 1.56. The molecule has 5 heteroatoms. The van der Waals surface area contributed by atoms with E-state index >= 15 is 0 Å². The Hall–Kier alpha value is -1.07. The lowest BCUT2D eigenvalue weighted by atomic mass is 10.1. The second-order valence-electron chi connectivity index (χ2n) is 2.50. The van der Waals surface area contributed by atoms with Crippen molar-refractivity contribution in [2.45, 2.75) is 5.33 Å². The molecular weight excluding hydrogens is 236 g/mol. The number of nitrogens with one attached hydrogen (secondary N) is 1. The van der Waals surface area contributed by atoms with Crippen LogP contribution in [0.5, 0.6) is 0 Å². The molecule has 1 rings (SSSR count). The molecule has 0 heterocycles. The summed E-state index contributed by atoms with van der Waals surface area (Å²) in [4.78, 5) is 10.7. The SMILES string of the molecule is NNc1cc(CBr)cc(C(=O)O)c1. The van der Waals surface area contributed by atoms with Crippen LogP contribution in [-0.2, 0) is 5.33 Å². The third kappa shape index (κ3) is 2.43. The zero-order valence-corrected chi connectivity index (χ0v) is 8.34. The smallest absolute Gasteiger partial charge is 0.335 e. The number of aromatic carboxylic acids is 1. The topological polar surface area (TPSA) is 75.3 Å². The number of anilines is 1. The van der Waals surface area contributed by atoms with Crippen LogP contribution in [0.3, 0.4) is 0 Å². The summed E-state index contributed by atoms with van der Waals surface area (Å²) >= 11 is 3.24. The van der Waals surface area contributed by atoms with Crippen molar-refractivity contribution in [3.8, 4) is 0 Å². The molecule has 0 bridgehead atoms. The number of carbonyl (C=O) groups is 1. The number of hydrogen-bond acceptors (Lipinski definition) is 3. The molecule has 0 spiro atoms. The second kappa shape index (κ2) is 4.25. The van der Waals surface area contributed by atoms with Gasteiger partial charge < -0.3 is 10.5 Å². The van der Waals surface area contributed by atoms with Crippen LogP contribution in [0, 0.1) is 0 Å². The first-order valence-corrected chi connectivity index (χ1v) is 4.69. The Morgan fingerprint density at radius 2 is 2.23 bits per heavy atom. The number of halogens is 1. The Kier molecular flexibility index (Phi) is 3.27. The van der Waals surface area contributed by atoms with Crippen molar-refractivity contribution in [3.63, 3.8) is 0 Å². The van der Waals surface area contributed by atoms with E-state index in [-0.39, 0.29) is 5.56 Å². The molecule has 0 fully saturated rings. The molecule has 0 aliphatic rings. The van der Waals surface area contributed by atoms with Crippen molar-refractivity contribution >= 4 is 27.6 Å². The summed E-state index contributed by atoms with van der Waals surface area (Å²) in [6.07, 6.45) is 0. The normalized spacial score (nSPS) is 9.69. The van der Waals surface area contributed by atoms with Crippen molar-refractivity contribution in [1.82, 2.24) is 0 Å². The molecule has 0 atom stereocenters. The molecule has 0 radical (unpaired) electrons. The maximum atomic E-state index is 10.7. The van der Waals surface area contributed by atoms with Gasteiger partial charge in [0.15, 0.2) is 0 Å². The highest BCUT2D eigenvalue weighted by Gasteiger charge is 2.05.